The van der Waals surface area contributed by atoms with Crippen LogP contribution < -0.4 is 4.90 Å². The van der Waals surface area contributed by atoms with Crippen LogP contribution in [0.5, 0.6) is 0 Å². The summed E-state index contributed by atoms with van der Waals surface area (Å²) in [6, 6.07) is 8.51. The van der Waals surface area contributed by atoms with Gasteiger partial charge in [-0.2, -0.15) is 13.2 Å². The fourth-order valence-corrected chi connectivity index (χ4v) is 4.65. The molecule has 34 heavy (non-hydrogen) atoms. The molecule has 1 atom stereocenters. The van der Waals surface area contributed by atoms with Crippen LogP contribution in [0.3, 0.4) is 0 Å². The van der Waals surface area contributed by atoms with Crippen molar-refractivity contribution in [3.05, 3.63) is 42.4 Å². The Morgan fingerprint density at radius 1 is 1.15 bits per heavy atom. The molecular weight excluding hydrogens is 449 g/mol. The highest BCUT2D eigenvalue weighted by molar-refractivity contribution is 5.77. The van der Waals surface area contributed by atoms with Crippen molar-refractivity contribution in [3.8, 4) is 5.82 Å². The predicted octanol–water partition coefficient (Wildman–Crippen LogP) is 4.46. The molecule has 0 saturated carbocycles. The second-order valence-electron chi connectivity index (χ2n) is 9.61. The number of rotatable bonds is 4. The number of alkyl halides is 3. The molecule has 2 aromatic heterocycles. The van der Waals surface area contributed by atoms with E-state index in [0.717, 1.165) is 31.9 Å². The maximum Gasteiger partial charge on any atom is 0.490 e. The third kappa shape index (κ3) is 5.05. The SMILES string of the molecule is CC(C)CC(=O)N1CCC2(C1)c1cccn1-c1ncccc1N2CC(C)C.O=C(O)C(F)(F)F. The van der Waals surface area contributed by atoms with E-state index in [1.165, 1.54) is 11.4 Å². The summed E-state index contributed by atoms with van der Waals surface area (Å²) in [6.45, 7) is 11.3. The molecule has 0 aromatic carbocycles. The Labute approximate surface area is 197 Å². The molecule has 2 aliphatic rings. The average molecular weight is 481 g/mol. The highest BCUT2D eigenvalue weighted by Gasteiger charge is 2.50. The van der Waals surface area contributed by atoms with E-state index in [9.17, 15) is 18.0 Å². The molecule has 1 fully saturated rings. The fourth-order valence-electron chi connectivity index (χ4n) is 4.65. The molecule has 1 spiro atoms. The standard InChI is InChI=1S/C22H30N4O.C2HF3O2/c1-16(2)13-20(27)24-12-9-22(15-24)19-8-6-11-25(19)21-18(7-5-10-23-21)26(22)14-17(3)4;3-2(4,5)1(6)7/h5-8,10-11,16-17H,9,12-15H2,1-4H3;(H,6,7). The molecule has 186 valence electrons. The smallest absolute Gasteiger partial charge is 0.475 e. The molecule has 4 heterocycles. The van der Waals surface area contributed by atoms with E-state index < -0.39 is 12.1 Å². The minimum Gasteiger partial charge on any atom is -0.475 e. The van der Waals surface area contributed by atoms with E-state index in [0.29, 0.717) is 18.3 Å². The van der Waals surface area contributed by atoms with Gasteiger partial charge in [0.15, 0.2) is 5.82 Å². The number of hydrogen-bond acceptors (Lipinski definition) is 4. The zero-order valence-corrected chi connectivity index (χ0v) is 19.8. The molecule has 0 bridgehead atoms. The van der Waals surface area contributed by atoms with Crippen LogP contribution >= 0.6 is 0 Å². The number of aliphatic carboxylic acids is 1. The highest BCUT2D eigenvalue weighted by atomic mass is 19.4. The van der Waals surface area contributed by atoms with Gasteiger partial charge in [0.05, 0.1) is 11.4 Å². The number of anilines is 1. The number of amides is 1. The molecule has 7 nitrogen and oxygen atoms in total. The van der Waals surface area contributed by atoms with E-state index >= 15 is 0 Å². The number of hydrogen-bond donors (Lipinski definition) is 1. The van der Waals surface area contributed by atoms with Gasteiger partial charge >= 0.3 is 12.1 Å². The number of carboxylic acids is 1. The van der Waals surface area contributed by atoms with Gasteiger partial charge in [0.1, 0.15) is 5.54 Å². The van der Waals surface area contributed by atoms with Crippen LogP contribution in [0.4, 0.5) is 18.9 Å². The maximum absolute atomic E-state index is 12.8. The Kier molecular flexibility index (Phi) is 7.28. The van der Waals surface area contributed by atoms with Crippen LogP contribution in [0.1, 0.15) is 46.2 Å². The summed E-state index contributed by atoms with van der Waals surface area (Å²) < 4.78 is 34.0. The van der Waals surface area contributed by atoms with E-state index in [2.05, 4.69) is 71.4 Å². The van der Waals surface area contributed by atoms with Crippen molar-refractivity contribution in [1.29, 1.82) is 0 Å². The van der Waals surface area contributed by atoms with Gasteiger partial charge in [-0.25, -0.2) is 9.78 Å². The van der Waals surface area contributed by atoms with Crippen molar-refractivity contribution >= 4 is 17.6 Å². The minimum atomic E-state index is -5.08. The first-order valence-corrected chi connectivity index (χ1v) is 11.4. The lowest BCUT2D eigenvalue weighted by molar-refractivity contribution is -0.192. The summed E-state index contributed by atoms with van der Waals surface area (Å²) in [5.74, 6) is -0.567. The topological polar surface area (TPSA) is 78.7 Å². The van der Waals surface area contributed by atoms with Gasteiger partial charge in [-0.1, -0.05) is 27.7 Å². The Bertz CT molecular complexity index is 1030. The van der Waals surface area contributed by atoms with E-state index in [1.54, 1.807) is 0 Å². The summed E-state index contributed by atoms with van der Waals surface area (Å²) in [5.41, 5.74) is 2.26. The van der Waals surface area contributed by atoms with Crippen LogP contribution in [0, 0.1) is 11.8 Å². The van der Waals surface area contributed by atoms with Gasteiger partial charge in [0, 0.05) is 38.4 Å². The van der Waals surface area contributed by atoms with E-state index in [-0.39, 0.29) is 11.4 Å². The van der Waals surface area contributed by atoms with Crippen LogP contribution in [0.15, 0.2) is 36.7 Å². The molecule has 1 unspecified atom stereocenters. The highest BCUT2D eigenvalue weighted by Crippen LogP contribution is 2.47. The monoisotopic (exact) mass is 480 g/mol. The van der Waals surface area contributed by atoms with Gasteiger partial charge in [0.25, 0.3) is 0 Å². The third-order valence-corrected chi connectivity index (χ3v) is 6.00. The predicted molar refractivity (Wildman–Crippen MR) is 122 cm³/mol. The van der Waals surface area contributed by atoms with Gasteiger partial charge in [-0.05, 0) is 42.5 Å². The maximum atomic E-state index is 12.8. The van der Waals surface area contributed by atoms with Crippen molar-refractivity contribution in [3.63, 3.8) is 0 Å². The van der Waals surface area contributed by atoms with Crippen molar-refractivity contribution in [2.45, 2.75) is 52.3 Å². The molecule has 1 N–H and O–H groups in total. The first-order valence-electron chi connectivity index (χ1n) is 11.4. The molecule has 10 heteroatoms. The Hall–Kier alpha value is -3.04. The Balaban J connectivity index is 0.000000406. The van der Waals surface area contributed by atoms with Crippen LogP contribution in [-0.4, -0.2) is 57.2 Å². The number of pyridine rings is 1. The lowest BCUT2D eigenvalue weighted by Crippen LogP contribution is -2.54. The number of fused-ring (bicyclic) bond motifs is 4. The quantitative estimate of drug-likeness (QED) is 0.699. The van der Waals surface area contributed by atoms with Gasteiger partial charge in [-0.3, -0.25) is 4.79 Å². The van der Waals surface area contributed by atoms with Crippen LogP contribution in [0.25, 0.3) is 5.82 Å². The zero-order chi connectivity index (χ0) is 25.3. The summed E-state index contributed by atoms with van der Waals surface area (Å²) in [6.07, 6.45) is 0.469. The fraction of sp³-hybridized carbons (Fsp3) is 0.542. The lowest BCUT2D eigenvalue weighted by Gasteiger charge is -2.47. The normalized spacial score (nSPS) is 19.2. The average Bonchev–Trinajstić information content (AvgIpc) is 3.39. The number of carboxylic acid groups (broad SMARTS) is 1. The lowest BCUT2D eigenvalue weighted by atomic mass is 9.88. The first kappa shape index (κ1) is 25.6. The molecular formula is C24H31F3N4O3. The number of aromatic nitrogens is 2. The molecule has 4 rings (SSSR count). The molecule has 1 amide bonds. The summed E-state index contributed by atoms with van der Waals surface area (Å²) >= 11 is 0. The summed E-state index contributed by atoms with van der Waals surface area (Å²) in [4.78, 5) is 31.0. The Morgan fingerprint density at radius 2 is 1.82 bits per heavy atom. The first-order chi connectivity index (χ1) is 15.9. The number of nitrogens with zero attached hydrogens (tertiary/aromatic N) is 4. The number of likely N-dealkylation sites (tertiary alicyclic amines) is 1. The number of carbonyl (C=O) groups is 2. The van der Waals surface area contributed by atoms with Gasteiger partial charge < -0.3 is 19.5 Å². The third-order valence-electron chi connectivity index (χ3n) is 6.00. The largest absolute Gasteiger partial charge is 0.490 e. The second kappa shape index (κ2) is 9.68. The molecule has 2 aromatic rings. The summed E-state index contributed by atoms with van der Waals surface area (Å²) in [7, 11) is 0. The van der Waals surface area contributed by atoms with Gasteiger partial charge in [0.2, 0.25) is 5.91 Å². The Morgan fingerprint density at radius 3 is 2.41 bits per heavy atom. The van der Waals surface area contributed by atoms with E-state index in [4.69, 9.17) is 9.90 Å². The molecule has 1 saturated heterocycles. The van der Waals surface area contributed by atoms with Crippen molar-refractivity contribution in [2.75, 3.05) is 24.5 Å². The number of halogens is 3. The molecule has 0 radical (unpaired) electrons. The van der Waals surface area contributed by atoms with Crippen molar-refractivity contribution in [2.24, 2.45) is 11.8 Å². The van der Waals surface area contributed by atoms with Crippen molar-refractivity contribution < 1.29 is 27.9 Å². The van der Waals surface area contributed by atoms with E-state index in [1.807, 2.05) is 12.3 Å². The van der Waals surface area contributed by atoms with Crippen LogP contribution in [-0.2, 0) is 15.1 Å². The minimum absolute atomic E-state index is 0.170. The number of carbonyl (C=O) groups excluding carboxylic acids is 1. The second-order valence-corrected chi connectivity index (χ2v) is 9.61. The summed E-state index contributed by atoms with van der Waals surface area (Å²) in [5, 5.41) is 7.12. The molecule has 0 aliphatic carbocycles. The van der Waals surface area contributed by atoms with Gasteiger partial charge in [-0.15, -0.1) is 0 Å². The zero-order valence-electron chi connectivity index (χ0n) is 19.8. The molecule has 2 aliphatic heterocycles. The van der Waals surface area contributed by atoms with Crippen LogP contribution in [0.2, 0.25) is 0 Å². The van der Waals surface area contributed by atoms with Crippen molar-refractivity contribution in [1.82, 2.24) is 14.5 Å².